The Labute approximate surface area is 116 Å². The molecule has 1 aromatic carbocycles. The number of aryl methyl sites for hydroxylation is 1. The van der Waals surface area contributed by atoms with Crippen molar-refractivity contribution in [2.75, 3.05) is 6.54 Å². The minimum atomic E-state index is -1.04. The minimum Gasteiger partial charge on any atom is -0.384 e. The van der Waals surface area contributed by atoms with E-state index in [0.29, 0.717) is 5.56 Å². The van der Waals surface area contributed by atoms with Crippen molar-refractivity contribution in [1.29, 1.82) is 0 Å². The van der Waals surface area contributed by atoms with E-state index >= 15 is 0 Å². The number of carbonyl (C=O) groups is 1. The summed E-state index contributed by atoms with van der Waals surface area (Å²) in [4.78, 5) is 12.0. The highest BCUT2D eigenvalue weighted by Crippen LogP contribution is 2.22. The van der Waals surface area contributed by atoms with E-state index in [4.69, 9.17) is 0 Å². The SMILES string of the molecule is Cc1cccc(C(=O)NCC(C)(O)c2ccsc2)c1. The lowest BCUT2D eigenvalue weighted by molar-refractivity contribution is 0.0530. The maximum absolute atomic E-state index is 12.0. The molecule has 3 nitrogen and oxygen atoms in total. The van der Waals surface area contributed by atoms with E-state index in [1.807, 2.05) is 41.9 Å². The number of carbonyl (C=O) groups excluding carboxylic acids is 1. The van der Waals surface area contributed by atoms with Gasteiger partial charge in [0.2, 0.25) is 0 Å². The number of rotatable bonds is 4. The van der Waals surface area contributed by atoms with Crippen molar-refractivity contribution in [1.82, 2.24) is 5.32 Å². The van der Waals surface area contributed by atoms with Crippen molar-refractivity contribution in [3.8, 4) is 0 Å². The third-order valence-electron chi connectivity index (χ3n) is 3.02. The van der Waals surface area contributed by atoms with Crippen molar-refractivity contribution in [3.63, 3.8) is 0 Å². The van der Waals surface area contributed by atoms with Gasteiger partial charge in [0.15, 0.2) is 0 Å². The standard InChI is InChI=1S/C15H17NO2S/c1-11-4-3-5-12(8-11)14(17)16-10-15(2,18)13-6-7-19-9-13/h3-9,18H,10H2,1-2H3,(H,16,17). The van der Waals surface area contributed by atoms with Gasteiger partial charge < -0.3 is 10.4 Å². The lowest BCUT2D eigenvalue weighted by Crippen LogP contribution is -2.38. The monoisotopic (exact) mass is 275 g/mol. The molecule has 1 atom stereocenters. The molecule has 1 aromatic heterocycles. The van der Waals surface area contributed by atoms with E-state index in [-0.39, 0.29) is 12.5 Å². The zero-order chi connectivity index (χ0) is 13.9. The summed E-state index contributed by atoms with van der Waals surface area (Å²) in [6, 6.07) is 9.25. The summed E-state index contributed by atoms with van der Waals surface area (Å²) < 4.78 is 0. The first kappa shape index (κ1) is 13.8. The fraction of sp³-hybridized carbons (Fsp3) is 0.267. The molecule has 1 unspecified atom stereocenters. The Morgan fingerprint density at radius 2 is 2.21 bits per heavy atom. The maximum Gasteiger partial charge on any atom is 0.251 e. The molecule has 0 aliphatic rings. The Balaban J connectivity index is 2.01. The van der Waals surface area contributed by atoms with Crippen molar-refractivity contribution in [3.05, 3.63) is 57.8 Å². The molecule has 0 spiro atoms. The molecule has 0 saturated heterocycles. The van der Waals surface area contributed by atoms with E-state index in [1.54, 1.807) is 13.0 Å². The van der Waals surface area contributed by atoms with Crippen molar-refractivity contribution in [2.45, 2.75) is 19.4 Å². The van der Waals surface area contributed by atoms with Crippen LogP contribution < -0.4 is 5.32 Å². The van der Waals surface area contributed by atoms with Crippen LogP contribution in [0.15, 0.2) is 41.1 Å². The summed E-state index contributed by atoms with van der Waals surface area (Å²) in [5.41, 5.74) is 1.43. The van der Waals surface area contributed by atoms with Crippen LogP contribution in [-0.2, 0) is 5.60 Å². The van der Waals surface area contributed by atoms with Gasteiger partial charge in [-0.3, -0.25) is 4.79 Å². The zero-order valence-corrected chi connectivity index (χ0v) is 11.8. The number of benzene rings is 1. The maximum atomic E-state index is 12.0. The van der Waals surface area contributed by atoms with Crippen LogP contribution in [0, 0.1) is 6.92 Å². The first-order valence-electron chi connectivity index (χ1n) is 6.09. The number of amides is 1. The second-order valence-electron chi connectivity index (χ2n) is 4.84. The number of hydrogen-bond donors (Lipinski definition) is 2. The van der Waals surface area contributed by atoms with Crippen LogP contribution >= 0.6 is 11.3 Å². The summed E-state index contributed by atoms with van der Waals surface area (Å²) in [7, 11) is 0. The Hall–Kier alpha value is -1.65. The first-order valence-corrected chi connectivity index (χ1v) is 7.03. The molecule has 2 rings (SSSR count). The molecule has 19 heavy (non-hydrogen) atoms. The van der Waals surface area contributed by atoms with Crippen LogP contribution in [0.3, 0.4) is 0 Å². The second-order valence-corrected chi connectivity index (χ2v) is 5.62. The molecule has 0 radical (unpaired) electrons. The summed E-state index contributed by atoms with van der Waals surface area (Å²) in [5.74, 6) is -0.167. The molecule has 0 bridgehead atoms. The van der Waals surface area contributed by atoms with Crippen molar-refractivity contribution < 1.29 is 9.90 Å². The third-order valence-corrected chi connectivity index (χ3v) is 3.70. The molecular weight excluding hydrogens is 258 g/mol. The molecule has 0 aliphatic heterocycles. The van der Waals surface area contributed by atoms with Gasteiger partial charge in [0.1, 0.15) is 5.60 Å². The molecule has 2 N–H and O–H groups in total. The normalized spacial score (nSPS) is 13.8. The van der Waals surface area contributed by atoms with Crippen LogP contribution in [0.2, 0.25) is 0 Å². The highest BCUT2D eigenvalue weighted by molar-refractivity contribution is 7.08. The lowest BCUT2D eigenvalue weighted by atomic mass is 9.99. The van der Waals surface area contributed by atoms with Gasteiger partial charge in [0.05, 0.1) is 6.54 Å². The lowest BCUT2D eigenvalue weighted by Gasteiger charge is -2.22. The van der Waals surface area contributed by atoms with Gasteiger partial charge in [-0.2, -0.15) is 11.3 Å². The van der Waals surface area contributed by atoms with Gasteiger partial charge in [-0.15, -0.1) is 0 Å². The highest BCUT2D eigenvalue weighted by Gasteiger charge is 2.24. The van der Waals surface area contributed by atoms with Gasteiger partial charge in [-0.05, 0) is 48.4 Å². The number of aliphatic hydroxyl groups is 1. The molecule has 0 aliphatic carbocycles. The van der Waals surface area contributed by atoms with E-state index < -0.39 is 5.60 Å². The summed E-state index contributed by atoms with van der Waals surface area (Å²) in [6.07, 6.45) is 0. The Kier molecular flexibility index (Phi) is 4.02. The Morgan fingerprint density at radius 1 is 1.42 bits per heavy atom. The van der Waals surface area contributed by atoms with Gasteiger partial charge in [-0.25, -0.2) is 0 Å². The smallest absolute Gasteiger partial charge is 0.251 e. The average Bonchev–Trinajstić information content (AvgIpc) is 2.90. The van der Waals surface area contributed by atoms with Gasteiger partial charge in [0, 0.05) is 5.56 Å². The van der Waals surface area contributed by atoms with Crippen LogP contribution in [-0.4, -0.2) is 17.6 Å². The highest BCUT2D eigenvalue weighted by atomic mass is 32.1. The first-order chi connectivity index (χ1) is 8.99. The number of hydrogen-bond acceptors (Lipinski definition) is 3. The molecule has 0 saturated carbocycles. The average molecular weight is 275 g/mol. The summed E-state index contributed by atoms with van der Waals surface area (Å²) in [6.45, 7) is 3.83. The number of thiophene rings is 1. The van der Waals surface area contributed by atoms with Gasteiger partial charge >= 0.3 is 0 Å². The van der Waals surface area contributed by atoms with Gasteiger partial charge in [0.25, 0.3) is 5.91 Å². The molecule has 1 amide bonds. The van der Waals surface area contributed by atoms with Crippen molar-refractivity contribution >= 4 is 17.2 Å². The van der Waals surface area contributed by atoms with E-state index in [9.17, 15) is 9.90 Å². The molecule has 2 aromatic rings. The quantitative estimate of drug-likeness (QED) is 0.901. The van der Waals surface area contributed by atoms with Crippen LogP contribution in [0.5, 0.6) is 0 Å². The largest absolute Gasteiger partial charge is 0.384 e. The predicted molar refractivity (Wildman–Crippen MR) is 77.4 cm³/mol. The Morgan fingerprint density at radius 3 is 2.84 bits per heavy atom. The fourth-order valence-electron chi connectivity index (χ4n) is 1.81. The van der Waals surface area contributed by atoms with Crippen molar-refractivity contribution in [2.24, 2.45) is 0 Å². The topological polar surface area (TPSA) is 49.3 Å². The molecule has 1 heterocycles. The molecule has 4 heteroatoms. The summed E-state index contributed by atoms with van der Waals surface area (Å²) in [5, 5.41) is 16.9. The zero-order valence-electron chi connectivity index (χ0n) is 11.0. The van der Waals surface area contributed by atoms with E-state index in [2.05, 4.69) is 5.32 Å². The Bertz CT molecular complexity index is 561. The molecular formula is C15H17NO2S. The second kappa shape index (κ2) is 5.55. The van der Waals surface area contributed by atoms with Crippen LogP contribution in [0.25, 0.3) is 0 Å². The molecule has 100 valence electrons. The van der Waals surface area contributed by atoms with E-state index in [1.165, 1.54) is 11.3 Å². The third kappa shape index (κ3) is 3.43. The minimum absolute atomic E-state index is 0.167. The number of nitrogens with one attached hydrogen (secondary N) is 1. The fourth-order valence-corrected chi connectivity index (χ4v) is 2.60. The van der Waals surface area contributed by atoms with Gasteiger partial charge in [-0.1, -0.05) is 17.7 Å². The predicted octanol–water partition coefficient (Wildman–Crippen LogP) is 2.69. The van der Waals surface area contributed by atoms with Crippen LogP contribution in [0.4, 0.5) is 0 Å². The summed E-state index contributed by atoms with van der Waals surface area (Å²) >= 11 is 1.53. The van der Waals surface area contributed by atoms with Crippen LogP contribution in [0.1, 0.15) is 28.4 Å². The van der Waals surface area contributed by atoms with E-state index in [0.717, 1.165) is 11.1 Å². The molecule has 0 fully saturated rings.